The average Bonchev–Trinajstić information content (AvgIpc) is 2.58. The minimum absolute atomic E-state index is 0.165. The Morgan fingerprint density at radius 3 is 2.38 bits per heavy atom. The quantitative estimate of drug-likeness (QED) is 0.603. The molecule has 0 bridgehead atoms. The molecule has 0 saturated heterocycles. The molecule has 2 aromatic rings. The van der Waals surface area contributed by atoms with Gasteiger partial charge in [-0.15, -0.1) is 0 Å². The highest BCUT2D eigenvalue weighted by molar-refractivity contribution is 7.89. The number of hydrogen-bond acceptors (Lipinski definition) is 5. The highest BCUT2D eigenvalue weighted by Crippen LogP contribution is 2.16. The van der Waals surface area contributed by atoms with Gasteiger partial charge >= 0.3 is 0 Å². The maximum absolute atomic E-state index is 12.4. The lowest BCUT2D eigenvalue weighted by Gasteiger charge is -2.18. The van der Waals surface area contributed by atoms with Gasteiger partial charge in [0, 0.05) is 24.3 Å². The van der Waals surface area contributed by atoms with Gasteiger partial charge in [-0.05, 0) is 29.8 Å². The molecule has 0 fully saturated rings. The third kappa shape index (κ3) is 4.53. The standard InChI is InChI=1S/C16H19ClN4O2S/c1-3-21(4-2)24(22,23)15-9-10-16(18-12-15)20-19-11-13-5-7-14(17)8-6-13/h5-12H,3-4H2,1-2H3,(H,18,20). The van der Waals surface area contributed by atoms with Crippen LogP contribution in [0.4, 0.5) is 5.82 Å². The number of sulfonamides is 1. The second kappa shape index (κ2) is 8.23. The predicted molar refractivity (Wildman–Crippen MR) is 97.0 cm³/mol. The van der Waals surface area contributed by atoms with Crippen LogP contribution in [-0.4, -0.2) is 37.0 Å². The molecule has 1 aromatic heterocycles. The van der Waals surface area contributed by atoms with Crippen molar-refractivity contribution in [1.82, 2.24) is 9.29 Å². The first kappa shape index (κ1) is 18.4. The normalized spacial score (nSPS) is 12.0. The maximum Gasteiger partial charge on any atom is 0.244 e. The number of pyridine rings is 1. The number of nitrogens with zero attached hydrogens (tertiary/aromatic N) is 3. The van der Waals surface area contributed by atoms with E-state index in [-0.39, 0.29) is 4.90 Å². The summed E-state index contributed by atoms with van der Waals surface area (Å²) in [4.78, 5) is 4.25. The van der Waals surface area contributed by atoms with Gasteiger partial charge in [0.2, 0.25) is 10.0 Å². The summed E-state index contributed by atoms with van der Waals surface area (Å²) in [7, 11) is -3.49. The third-order valence-corrected chi connectivity index (χ3v) is 5.63. The van der Waals surface area contributed by atoms with Crippen molar-refractivity contribution in [3.63, 3.8) is 0 Å². The smallest absolute Gasteiger partial charge is 0.244 e. The van der Waals surface area contributed by atoms with Crippen LogP contribution >= 0.6 is 11.6 Å². The molecule has 1 N–H and O–H groups in total. The molecule has 0 amide bonds. The summed E-state index contributed by atoms with van der Waals surface area (Å²) >= 11 is 5.81. The van der Waals surface area contributed by atoms with Crippen LogP contribution in [0.25, 0.3) is 0 Å². The number of anilines is 1. The molecule has 0 saturated carbocycles. The monoisotopic (exact) mass is 366 g/mol. The van der Waals surface area contributed by atoms with E-state index < -0.39 is 10.0 Å². The SMILES string of the molecule is CCN(CC)S(=O)(=O)c1ccc(NN=Cc2ccc(Cl)cc2)nc1. The Morgan fingerprint density at radius 2 is 1.83 bits per heavy atom. The van der Waals surface area contributed by atoms with E-state index in [1.165, 1.54) is 16.6 Å². The second-order valence-electron chi connectivity index (χ2n) is 4.89. The lowest BCUT2D eigenvalue weighted by Crippen LogP contribution is -2.30. The van der Waals surface area contributed by atoms with Gasteiger partial charge in [-0.1, -0.05) is 37.6 Å². The number of nitrogens with one attached hydrogen (secondary N) is 1. The van der Waals surface area contributed by atoms with Crippen molar-refractivity contribution in [3.05, 3.63) is 53.2 Å². The molecular formula is C16H19ClN4O2S. The van der Waals surface area contributed by atoms with Crippen molar-refractivity contribution in [2.24, 2.45) is 5.10 Å². The number of aromatic nitrogens is 1. The number of halogens is 1. The molecule has 0 radical (unpaired) electrons. The van der Waals surface area contributed by atoms with Gasteiger partial charge in [0.25, 0.3) is 0 Å². The molecule has 0 spiro atoms. The van der Waals surface area contributed by atoms with Crippen LogP contribution in [0.1, 0.15) is 19.4 Å². The van der Waals surface area contributed by atoms with Gasteiger partial charge in [-0.3, -0.25) is 5.43 Å². The van der Waals surface area contributed by atoms with Crippen LogP contribution in [-0.2, 0) is 10.0 Å². The molecule has 24 heavy (non-hydrogen) atoms. The molecule has 0 aliphatic rings. The Hall–Kier alpha value is -1.96. The summed E-state index contributed by atoms with van der Waals surface area (Å²) < 4.78 is 26.1. The summed E-state index contributed by atoms with van der Waals surface area (Å²) in [5.74, 6) is 0.457. The molecule has 8 heteroatoms. The van der Waals surface area contributed by atoms with Gasteiger partial charge in [0.1, 0.15) is 10.7 Å². The van der Waals surface area contributed by atoms with Crippen molar-refractivity contribution >= 4 is 33.7 Å². The van der Waals surface area contributed by atoms with E-state index in [0.717, 1.165) is 5.56 Å². The summed E-state index contributed by atoms with van der Waals surface area (Å²) in [6.07, 6.45) is 2.95. The Bertz CT molecular complexity index is 786. The Balaban J connectivity index is 2.05. The molecular weight excluding hydrogens is 348 g/mol. The van der Waals surface area contributed by atoms with Crippen LogP contribution in [0, 0.1) is 0 Å². The lowest BCUT2D eigenvalue weighted by molar-refractivity contribution is 0.445. The largest absolute Gasteiger partial charge is 0.261 e. The van der Waals surface area contributed by atoms with Crippen molar-refractivity contribution in [2.75, 3.05) is 18.5 Å². The first-order valence-electron chi connectivity index (χ1n) is 7.48. The number of benzene rings is 1. The van der Waals surface area contributed by atoms with Crippen molar-refractivity contribution in [1.29, 1.82) is 0 Å². The fourth-order valence-corrected chi connectivity index (χ4v) is 3.56. The second-order valence-corrected chi connectivity index (χ2v) is 7.26. The minimum Gasteiger partial charge on any atom is -0.261 e. The molecule has 0 aliphatic carbocycles. The number of rotatable bonds is 7. The Labute approximate surface area is 147 Å². The van der Waals surface area contributed by atoms with E-state index in [1.807, 2.05) is 12.1 Å². The zero-order valence-corrected chi connectivity index (χ0v) is 15.0. The summed E-state index contributed by atoms with van der Waals surface area (Å²) in [6.45, 7) is 4.44. The van der Waals surface area contributed by atoms with E-state index in [4.69, 9.17) is 11.6 Å². The van der Waals surface area contributed by atoms with E-state index in [0.29, 0.717) is 23.9 Å². The first-order chi connectivity index (χ1) is 11.5. The molecule has 1 aromatic carbocycles. The third-order valence-electron chi connectivity index (χ3n) is 3.34. The van der Waals surface area contributed by atoms with E-state index in [2.05, 4.69) is 15.5 Å². The summed E-state index contributed by atoms with van der Waals surface area (Å²) in [5.41, 5.74) is 3.64. The van der Waals surface area contributed by atoms with E-state index >= 15 is 0 Å². The minimum atomic E-state index is -3.49. The van der Waals surface area contributed by atoms with E-state index in [9.17, 15) is 8.42 Å². The number of hydrogen-bond donors (Lipinski definition) is 1. The molecule has 0 unspecified atom stereocenters. The fourth-order valence-electron chi connectivity index (χ4n) is 2.03. The van der Waals surface area contributed by atoms with Gasteiger partial charge in [-0.2, -0.15) is 9.41 Å². The maximum atomic E-state index is 12.4. The fraction of sp³-hybridized carbons (Fsp3) is 0.250. The highest BCUT2D eigenvalue weighted by atomic mass is 35.5. The number of hydrazone groups is 1. The molecule has 6 nitrogen and oxygen atoms in total. The van der Waals surface area contributed by atoms with Crippen LogP contribution in [0.5, 0.6) is 0 Å². The highest BCUT2D eigenvalue weighted by Gasteiger charge is 2.21. The molecule has 2 rings (SSSR count). The lowest BCUT2D eigenvalue weighted by atomic mass is 10.2. The Morgan fingerprint density at radius 1 is 1.17 bits per heavy atom. The Kier molecular flexibility index (Phi) is 6.30. The average molecular weight is 367 g/mol. The molecule has 0 atom stereocenters. The zero-order valence-electron chi connectivity index (χ0n) is 13.5. The van der Waals surface area contributed by atoms with Crippen molar-refractivity contribution in [3.8, 4) is 0 Å². The van der Waals surface area contributed by atoms with Gasteiger partial charge in [0.15, 0.2) is 0 Å². The topological polar surface area (TPSA) is 74.7 Å². The van der Waals surface area contributed by atoms with Gasteiger partial charge in [0.05, 0.1) is 6.21 Å². The van der Waals surface area contributed by atoms with Crippen molar-refractivity contribution in [2.45, 2.75) is 18.7 Å². The molecule has 1 heterocycles. The zero-order chi connectivity index (χ0) is 17.6. The predicted octanol–water partition coefficient (Wildman–Crippen LogP) is 3.21. The van der Waals surface area contributed by atoms with E-state index in [1.54, 1.807) is 38.3 Å². The summed E-state index contributed by atoms with van der Waals surface area (Å²) in [6, 6.07) is 10.3. The molecule has 0 aliphatic heterocycles. The van der Waals surface area contributed by atoms with Gasteiger partial charge in [-0.25, -0.2) is 13.4 Å². The van der Waals surface area contributed by atoms with Crippen molar-refractivity contribution < 1.29 is 8.42 Å². The van der Waals surface area contributed by atoms with Crippen LogP contribution in [0.3, 0.4) is 0 Å². The van der Waals surface area contributed by atoms with Gasteiger partial charge < -0.3 is 0 Å². The summed E-state index contributed by atoms with van der Waals surface area (Å²) in [5, 5.41) is 4.72. The first-order valence-corrected chi connectivity index (χ1v) is 9.30. The van der Waals surface area contributed by atoms with Crippen LogP contribution in [0.15, 0.2) is 52.6 Å². The van der Waals surface area contributed by atoms with Crippen LogP contribution < -0.4 is 5.43 Å². The van der Waals surface area contributed by atoms with Crippen LogP contribution in [0.2, 0.25) is 5.02 Å². The molecule has 128 valence electrons.